The highest BCUT2D eigenvalue weighted by Gasteiger charge is 2.46. The van der Waals surface area contributed by atoms with Crippen LogP contribution in [0.25, 0.3) is 0 Å². The van der Waals surface area contributed by atoms with Crippen molar-refractivity contribution in [1.82, 2.24) is 0 Å². The molecule has 0 radical (unpaired) electrons. The molecule has 2 aliphatic rings. The van der Waals surface area contributed by atoms with E-state index < -0.39 is 6.10 Å². The lowest BCUT2D eigenvalue weighted by Crippen LogP contribution is -2.38. The Morgan fingerprint density at radius 3 is 2.73 bits per heavy atom. The number of cyclic esters (lactones) is 1. The minimum Gasteiger partial charge on any atom is -0.463 e. The van der Waals surface area contributed by atoms with E-state index in [2.05, 4.69) is 0 Å². The summed E-state index contributed by atoms with van der Waals surface area (Å²) in [5, 5.41) is 0. The zero-order valence-electron chi connectivity index (χ0n) is 9.32. The molecule has 0 amide bonds. The van der Waals surface area contributed by atoms with Crippen molar-refractivity contribution in [3.8, 4) is 0 Å². The summed E-state index contributed by atoms with van der Waals surface area (Å²) in [5.41, 5.74) is -0.238. The molecule has 0 spiro atoms. The molecule has 2 aliphatic heterocycles. The van der Waals surface area contributed by atoms with E-state index in [0.717, 1.165) is 25.9 Å². The number of esters is 1. The monoisotopic (exact) mass is 214 g/mol. The third-order valence-corrected chi connectivity index (χ3v) is 2.94. The van der Waals surface area contributed by atoms with Crippen LogP contribution < -0.4 is 0 Å². The minimum absolute atomic E-state index is 0.228. The highest BCUT2D eigenvalue weighted by molar-refractivity contribution is 5.77. The van der Waals surface area contributed by atoms with Crippen LogP contribution in [0.15, 0.2) is 0 Å². The van der Waals surface area contributed by atoms with Crippen LogP contribution in [0.2, 0.25) is 0 Å². The van der Waals surface area contributed by atoms with Crippen LogP contribution in [0.4, 0.5) is 0 Å². The van der Waals surface area contributed by atoms with Crippen molar-refractivity contribution in [3.05, 3.63) is 0 Å². The molecule has 0 aliphatic carbocycles. The van der Waals surface area contributed by atoms with E-state index in [9.17, 15) is 4.79 Å². The third-order valence-electron chi connectivity index (χ3n) is 2.94. The fraction of sp³-hybridized carbons (Fsp3) is 0.909. The number of carbonyl (C=O) groups excluding carboxylic acids is 1. The number of hydrogen-bond acceptors (Lipinski definition) is 4. The van der Waals surface area contributed by atoms with Gasteiger partial charge in [0.25, 0.3) is 0 Å². The summed E-state index contributed by atoms with van der Waals surface area (Å²) >= 11 is 0. The second-order valence-corrected chi connectivity index (χ2v) is 4.91. The first-order valence-electron chi connectivity index (χ1n) is 5.53. The van der Waals surface area contributed by atoms with Crippen LogP contribution in [-0.2, 0) is 19.0 Å². The van der Waals surface area contributed by atoms with E-state index in [4.69, 9.17) is 14.2 Å². The molecule has 2 atom stereocenters. The fourth-order valence-electron chi connectivity index (χ4n) is 1.94. The molecule has 86 valence electrons. The molecule has 0 N–H and O–H groups in total. The molecule has 2 fully saturated rings. The van der Waals surface area contributed by atoms with Crippen molar-refractivity contribution in [2.24, 2.45) is 5.41 Å². The lowest BCUT2D eigenvalue weighted by Gasteiger charge is -2.29. The second-order valence-electron chi connectivity index (χ2n) is 4.91. The predicted octanol–water partition coefficient (Wildman–Crippen LogP) is 1.48. The number of rotatable bonds is 2. The summed E-state index contributed by atoms with van der Waals surface area (Å²) < 4.78 is 16.1. The topological polar surface area (TPSA) is 44.8 Å². The van der Waals surface area contributed by atoms with Gasteiger partial charge in [0.15, 0.2) is 12.4 Å². The molecule has 0 unspecified atom stereocenters. The Morgan fingerprint density at radius 2 is 2.20 bits per heavy atom. The summed E-state index contributed by atoms with van der Waals surface area (Å²) in [5.74, 6) is -0.255. The van der Waals surface area contributed by atoms with Gasteiger partial charge < -0.3 is 14.2 Å². The number of ether oxygens (including phenoxy) is 3. The first-order chi connectivity index (χ1) is 7.09. The molecule has 2 rings (SSSR count). The van der Waals surface area contributed by atoms with E-state index in [1.807, 2.05) is 13.8 Å². The number of carbonyl (C=O) groups is 1. The van der Waals surface area contributed by atoms with E-state index >= 15 is 0 Å². The highest BCUT2D eigenvalue weighted by Crippen LogP contribution is 2.33. The van der Waals surface area contributed by atoms with Crippen LogP contribution in [0.5, 0.6) is 0 Å². The smallest absolute Gasteiger partial charge is 0.336 e. The van der Waals surface area contributed by atoms with Gasteiger partial charge in [-0.15, -0.1) is 0 Å². The van der Waals surface area contributed by atoms with E-state index in [0.29, 0.717) is 6.61 Å². The minimum atomic E-state index is -0.472. The Hall–Kier alpha value is -0.610. The van der Waals surface area contributed by atoms with Crippen molar-refractivity contribution in [2.45, 2.75) is 45.5 Å². The third kappa shape index (κ3) is 2.32. The van der Waals surface area contributed by atoms with E-state index in [1.54, 1.807) is 0 Å². The van der Waals surface area contributed by atoms with Crippen molar-refractivity contribution < 1.29 is 19.0 Å². The summed E-state index contributed by atoms with van der Waals surface area (Å²) in [6, 6.07) is 0. The first-order valence-corrected chi connectivity index (χ1v) is 5.53. The molecule has 4 nitrogen and oxygen atoms in total. The lowest BCUT2D eigenvalue weighted by molar-refractivity contribution is -0.204. The summed E-state index contributed by atoms with van der Waals surface area (Å²) in [7, 11) is 0. The highest BCUT2D eigenvalue weighted by atomic mass is 16.7. The van der Waals surface area contributed by atoms with Crippen molar-refractivity contribution >= 4 is 5.97 Å². The standard InChI is InChI=1S/C11H18O4/c1-11(2)7-14-10(12)9(11)15-8-5-3-4-6-13-8/h8-9H,3-7H2,1-2H3/t8-,9-/m0/s1. The van der Waals surface area contributed by atoms with Crippen LogP contribution in [0.3, 0.4) is 0 Å². The average molecular weight is 214 g/mol. The average Bonchev–Trinajstić information content (AvgIpc) is 2.47. The Labute approximate surface area is 89.9 Å². The van der Waals surface area contributed by atoms with Gasteiger partial charge in [-0.1, -0.05) is 13.8 Å². The molecular weight excluding hydrogens is 196 g/mol. The van der Waals surface area contributed by atoms with Crippen molar-refractivity contribution in [3.63, 3.8) is 0 Å². The summed E-state index contributed by atoms with van der Waals surface area (Å²) in [6.45, 7) is 5.12. The largest absolute Gasteiger partial charge is 0.463 e. The van der Waals surface area contributed by atoms with E-state index in [-0.39, 0.29) is 17.7 Å². The van der Waals surface area contributed by atoms with Gasteiger partial charge in [0.05, 0.1) is 6.61 Å². The Bertz CT molecular complexity index is 243. The second kappa shape index (κ2) is 4.10. The normalized spacial score (nSPS) is 35.2. The Kier molecular flexibility index (Phi) is 2.98. The molecule has 0 aromatic carbocycles. The van der Waals surface area contributed by atoms with Crippen molar-refractivity contribution in [2.75, 3.05) is 13.2 Å². The summed E-state index contributed by atoms with van der Waals surface area (Å²) in [6.07, 6.45) is 2.36. The van der Waals surface area contributed by atoms with E-state index in [1.165, 1.54) is 0 Å². The maximum atomic E-state index is 11.5. The van der Waals surface area contributed by atoms with Crippen molar-refractivity contribution in [1.29, 1.82) is 0 Å². The van der Waals surface area contributed by atoms with Gasteiger partial charge in [-0.25, -0.2) is 4.79 Å². The molecule has 2 heterocycles. The van der Waals surface area contributed by atoms with Gasteiger partial charge in [0.1, 0.15) is 0 Å². The van der Waals surface area contributed by atoms with Crippen LogP contribution in [-0.4, -0.2) is 31.6 Å². The zero-order chi connectivity index (χ0) is 10.9. The van der Waals surface area contributed by atoms with Gasteiger partial charge in [0.2, 0.25) is 0 Å². The van der Waals surface area contributed by atoms with Gasteiger partial charge in [0, 0.05) is 12.0 Å². The van der Waals surface area contributed by atoms with Crippen LogP contribution in [0.1, 0.15) is 33.1 Å². The molecule has 4 heteroatoms. The molecule has 2 saturated heterocycles. The maximum Gasteiger partial charge on any atom is 0.336 e. The molecular formula is C11H18O4. The molecule has 0 bridgehead atoms. The Balaban J connectivity index is 1.94. The quantitative estimate of drug-likeness (QED) is 0.653. The van der Waals surface area contributed by atoms with Gasteiger partial charge in [-0.2, -0.15) is 0 Å². The maximum absolute atomic E-state index is 11.5. The van der Waals surface area contributed by atoms with Gasteiger partial charge in [-0.05, 0) is 19.3 Å². The molecule has 0 aromatic heterocycles. The fourth-order valence-corrected chi connectivity index (χ4v) is 1.94. The predicted molar refractivity (Wildman–Crippen MR) is 53.2 cm³/mol. The summed E-state index contributed by atoms with van der Waals surface area (Å²) in [4.78, 5) is 11.5. The molecule has 15 heavy (non-hydrogen) atoms. The van der Waals surface area contributed by atoms with Crippen LogP contribution >= 0.6 is 0 Å². The van der Waals surface area contributed by atoms with Gasteiger partial charge in [-0.3, -0.25) is 0 Å². The first kappa shape index (κ1) is 10.9. The van der Waals surface area contributed by atoms with Gasteiger partial charge >= 0.3 is 5.97 Å². The van der Waals surface area contributed by atoms with Crippen LogP contribution in [0, 0.1) is 5.41 Å². The molecule has 0 saturated carbocycles. The number of hydrogen-bond donors (Lipinski definition) is 0. The SMILES string of the molecule is CC1(C)COC(=O)[C@@H]1O[C@H]1CCCCO1. The molecule has 0 aromatic rings. The lowest BCUT2D eigenvalue weighted by atomic mass is 9.90. The zero-order valence-corrected chi connectivity index (χ0v) is 9.32. The Morgan fingerprint density at radius 1 is 1.40 bits per heavy atom.